The molecular weight excluding hydrogens is 597 g/mol. The molecule has 0 N–H and O–H groups in total. The highest BCUT2D eigenvalue weighted by Gasteiger charge is 2.44. The monoisotopic (exact) mass is 645 g/mol. The highest BCUT2D eigenvalue weighted by molar-refractivity contribution is 7.95. The molecule has 0 spiro atoms. The van der Waals surface area contributed by atoms with Crippen molar-refractivity contribution in [2.45, 2.75) is 89.4 Å². The fraction of sp³-hybridized carbons (Fsp3) is 0.357. The van der Waals surface area contributed by atoms with E-state index in [4.69, 9.17) is 0 Å². The first-order chi connectivity index (χ1) is 22.5. The molecule has 3 aromatic rings. The molecule has 0 unspecified atom stereocenters. The van der Waals surface area contributed by atoms with Gasteiger partial charge in [0.1, 0.15) is 6.54 Å². The maximum Gasteiger partial charge on any atom is 0.209 e. The Morgan fingerprint density at radius 3 is 2.17 bits per heavy atom. The molecule has 0 atom stereocenters. The molecule has 0 saturated carbocycles. The lowest BCUT2D eigenvalue weighted by Crippen LogP contribution is -2.28. The Morgan fingerprint density at radius 1 is 0.766 bits per heavy atom. The number of sulfone groups is 1. The molecule has 244 valence electrons. The van der Waals surface area contributed by atoms with Gasteiger partial charge in [0.2, 0.25) is 15.5 Å². The van der Waals surface area contributed by atoms with Crippen molar-refractivity contribution >= 4 is 26.9 Å². The normalized spacial score (nSPS) is 20.5. The van der Waals surface area contributed by atoms with Gasteiger partial charge >= 0.3 is 0 Å². The van der Waals surface area contributed by atoms with Crippen LogP contribution in [0.1, 0.15) is 84.8 Å². The number of hydrogen-bond acceptors (Lipinski definition) is 3. The third kappa shape index (κ3) is 5.77. The molecule has 3 aromatic carbocycles. The average Bonchev–Trinajstić information content (AvgIpc) is 3.41. The lowest BCUT2D eigenvalue weighted by Gasteiger charge is -2.27. The molecule has 4 nitrogen and oxygen atoms in total. The second-order valence-corrected chi connectivity index (χ2v) is 16.0. The SMILES string of the molecule is CCCN1/C(=C/C=C2\CCCC(/C=C/C3=[N+](CCC)c4ccccc4C3(C)C)=C2S(=O)(=O)c2ccccc2)C(C)(C)c2ccccc21. The Balaban J connectivity index is 1.51. The van der Waals surface area contributed by atoms with Crippen molar-refractivity contribution in [1.82, 2.24) is 0 Å². The summed E-state index contributed by atoms with van der Waals surface area (Å²) in [6.07, 6.45) is 13.0. The number of fused-ring (bicyclic) bond motifs is 2. The average molecular weight is 646 g/mol. The van der Waals surface area contributed by atoms with Gasteiger partial charge in [-0.2, -0.15) is 4.58 Å². The van der Waals surface area contributed by atoms with Gasteiger partial charge in [0.25, 0.3) is 0 Å². The Bertz CT molecular complexity index is 1940. The second-order valence-electron chi connectivity index (χ2n) is 14.1. The summed E-state index contributed by atoms with van der Waals surface area (Å²) in [6.45, 7) is 15.4. The lowest BCUT2D eigenvalue weighted by atomic mass is 9.81. The van der Waals surface area contributed by atoms with Crippen molar-refractivity contribution in [1.29, 1.82) is 0 Å². The molecule has 0 fully saturated rings. The summed E-state index contributed by atoms with van der Waals surface area (Å²) in [4.78, 5) is 3.23. The quantitative estimate of drug-likeness (QED) is 0.218. The van der Waals surface area contributed by atoms with Gasteiger partial charge in [-0.05, 0) is 80.5 Å². The number of benzene rings is 3. The summed E-state index contributed by atoms with van der Waals surface area (Å²) in [5.41, 5.74) is 8.94. The lowest BCUT2D eigenvalue weighted by molar-refractivity contribution is -0.437. The van der Waals surface area contributed by atoms with Crippen LogP contribution in [0.3, 0.4) is 0 Å². The Kier molecular flexibility index (Phi) is 9.06. The molecule has 0 bridgehead atoms. The predicted molar refractivity (Wildman–Crippen MR) is 196 cm³/mol. The number of hydrogen-bond donors (Lipinski definition) is 0. The van der Waals surface area contributed by atoms with E-state index >= 15 is 0 Å². The summed E-state index contributed by atoms with van der Waals surface area (Å²) in [7, 11) is -3.77. The third-order valence-corrected chi connectivity index (χ3v) is 12.1. The van der Waals surface area contributed by atoms with Crippen LogP contribution >= 0.6 is 0 Å². The summed E-state index contributed by atoms with van der Waals surface area (Å²) in [5, 5.41) is 0. The van der Waals surface area contributed by atoms with Crippen LogP contribution in [0.5, 0.6) is 0 Å². The number of rotatable bonds is 9. The first-order valence-corrected chi connectivity index (χ1v) is 18.8. The maximum absolute atomic E-state index is 14.6. The van der Waals surface area contributed by atoms with E-state index in [2.05, 4.69) is 124 Å². The van der Waals surface area contributed by atoms with E-state index < -0.39 is 9.84 Å². The summed E-state index contributed by atoms with van der Waals surface area (Å²) >= 11 is 0. The third-order valence-electron chi connectivity index (χ3n) is 10.2. The topological polar surface area (TPSA) is 40.4 Å². The molecule has 0 radical (unpaired) electrons. The largest absolute Gasteiger partial charge is 0.344 e. The fourth-order valence-electron chi connectivity index (χ4n) is 7.85. The van der Waals surface area contributed by atoms with E-state index in [0.29, 0.717) is 9.80 Å². The molecule has 6 rings (SSSR count). The van der Waals surface area contributed by atoms with Gasteiger partial charge in [-0.1, -0.05) is 94.4 Å². The smallest absolute Gasteiger partial charge is 0.209 e. The Labute approximate surface area is 282 Å². The Morgan fingerprint density at radius 2 is 1.45 bits per heavy atom. The molecule has 0 amide bonds. The van der Waals surface area contributed by atoms with Crippen LogP contribution in [0.15, 0.2) is 130 Å². The van der Waals surface area contributed by atoms with Crippen LogP contribution in [-0.2, 0) is 20.7 Å². The molecule has 0 aromatic heterocycles. The van der Waals surface area contributed by atoms with Crippen LogP contribution in [0, 0.1) is 0 Å². The molecule has 2 aliphatic heterocycles. The van der Waals surface area contributed by atoms with Gasteiger partial charge < -0.3 is 4.90 Å². The summed E-state index contributed by atoms with van der Waals surface area (Å²) in [6, 6.07) is 26.3. The van der Waals surface area contributed by atoms with Crippen molar-refractivity contribution in [2.75, 3.05) is 18.0 Å². The van der Waals surface area contributed by atoms with Crippen LogP contribution in [-0.4, -0.2) is 31.8 Å². The van der Waals surface area contributed by atoms with Gasteiger partial charge in [-0.25, -0.2) is 8.42 Å². The van der Waals surface area contributed by atoms with Gasteiger partial charge in [0.05, 0.1) is 15.2 Å². The molecule has 5 heteroatoms. The zero-order chi connectivity index (χ0) is 33.4. The van der Waals surface area contributed by atoms with Gasteiger partial charge in [0.15, 0.2) is 5.71 Å². The fourth-order valence-corrected chi connectivity index (χ4v) is 9.63. The first-order valence-electron chi connectivity index (χ1n) is 17.3. The summed E-state index contributed by atoms with van der Waals surface area (Å²) in [5.74, 6) is 0. The number of nitrogens with zero attached hydrogens (tertiary/aromatic N) is 2. The number of allylic oxidation sites excluding steroid dienone is 7. The zero-order valence-corrected chi connectivity index (χ0v) is 29.7. The molecule has 0 saturated heterocycles. The van der Waals surface area contributed by atoms with Crippen molar-refractivity contribution in [2.24, 2.45) is 0 Å². The predicted octanol–water partition coefficient (Wildman–Crippen LogP) is 9.96. The van der Waals surface area contributed by atoms with Crippen LogP contribution < -0.4 is 4.90 Å². The molecule has 1 aliphatic carbocycles. The standard InChI is InChI=1S/C42H49N2O2S/c1-7-29-43-36-23-14-12-21-34(36)41(3,4)38(43)27-25-31-17-16-18-32(40(31)47(45,46)33-19-10-9-11-20-33)26-28-39-42(5,6)35-22-13-15-24-37(35)44(39)30-8-2/h9-15,19-28H,7-8,16-18,29-30H2,1-6H3/q+1. The van der Waals surface area contributed by atoms with Crippen LogP contribution in [0.4, 0.5) is 11.4 Å². The molecule has 3 aliphatic rings. The van der Waals surface area contributed by atoms with Crippen molar-refractivity contribution < 1.29 is 13.0 Å². The zero-order valence-electron chi connectivity index (χ0n) is 28.9. The minimum Gasteiger partial charge on any atom is -0.344 e. The van der Waals surface area contributed by atoms with E-state index in [9.17, 15) is 8.42 Å². The molecule has 47 heavy (non-hydrogen) atoms. The van der Waals surface area contributed by atoms with E-state index in [1.165, 1.54) is 33.9 Å². The minimum atomic E-state index is -3.77. The Hall–Kier alpha value is -3.96. The second kappa shape index (κ2) is 12.9. The van der Waals surface area contributed by atoms with Crippen molar-refractivity contribution in [3.05, 3.63) is 136 Å². The minimum absolute atomic E-state index is 0.190. The maximum atomic E-state index is 14.6. The van der Waals surface area contributed by atoms with E-state index in [1.54, 1.807) is 12.1 Å². The number of anilines is 1. The van der Waals surface area contributed by atoms with Gasteiger partial charge in [-0.15, -0.1) is 0 Å². The van der Waals surface area contributed by atoms with E-state index in [-0.39, 0.29) is 10.8 Å². The van der Waals surface area contributed by atoms with E-state index in [0.717, 1.165) is 56.3 Å². The van der Waals surface area contributed by atoms with Gasteiger partial charge in [-0.3, -0.25) is 0 Å². The highest BCUT2D eigenvalue weighted by Crippen LogP contribution is 2.48. The first kappa shape index (κ1) is 33.0. The van der Waals surface area contributed by atoms with Crippen LogP contribution in [0.2, 0.25) is 0 Å². The molecular formula is C42H49N2O2S+. The van der Waals surface area contributed by atoms with Gasteiger partial charge in [0, 0.05) is 47.5 Å². The van der Waals surface area contributed by atoms with Crippen molar-refractivity contribution in [3.63, 3.8) is 0 Å². The van der Waals surface area contributed by atoms with E-state index in [1.807, 2.05) is 18.2 Å². The van der Waals surface area contributed by atoms with Crippen molar-refractivity contribution in [3.8, 4) is 0 Å². The molecule has 2 heterocycles. The number of para-hydroxylation sites is 2. The highest BCUT2D eigenvalue weighted by atomic mass is 32.2. The summed E-state index contributed by atoms with van der Waals surface area (Å²) < 4.78 is 31.6. The van der Waals surface area contributed by atoms with Crippen LogP contribution in [0.25, 0.3) is 0 Å².